The van der Waals surface area contributed by atoms with Crippen molar-refractivity contribution in [1.82, 2.24) is 10.2 Å². The molecule has 2 aromatic carbocycles. The highest BCUT2D eigenvalue weighted by Gasteiger charge is 2.27. The Labute approximate surface area is 186 Å². The zero-order chi connectivity index (χ0) is 22.3. The Bertz CT molecular complexity index is 877. The number of nitrogens with zero attached hydrogens (tertiary/aromatic N) is 1. The quantitative estimate of drug-likeness (QED) is 0.589. The van der Waals surface area contributed by atoms with Gasteiger partial charge in [0.2, 0.25) is 5.91 Å². The molecule has 0 unspecified atom stereocenters. The van der Waals surface area contributed by atoms with Gasteiger partial charge < -0.3 is 15.0 Å². The lowest BCUT2D eigenvalue weighted by molar-refractivity contribution is -0.142. The van der Waals surface area contributed by atoms with Crippen LogP contribution in [0.3, 0.4) is 0 Å². The number of hydrogen-bond acceptors (Lipinski definition) is 3. The van der Waals surface area contributed by atoms with Crippen LogP contribution in [0.1, 0.15) is 32.8 Å². The zero-order valence-electron chi connectivity index (χ0n) is 17.1. The maximum atomic E-state index is 13.0. The fraction of sp³-hybridized carbons (Fsp3) is 0.364. The first-order valence-electron chi connectivity index (χ1n) is 9.63. The van der Waals surface area contributed by atoms with Crippen LogP contribution in [0.2, 0.25) is 10.0 Å². The standard InChI is InChI=1S/C22H25Cl2FN2O3/c1-4-14(2)26-22(29)15(3)27(12-16-5-10-19(23)20(24)11-16)21(28)13-30-18-8-6-17(25)7-9-18/h5-11,14-15H,4,12-13H2,1-3H3,(H,26,29)/t14-,15+/m1/s1. The molecule has 30 heavy (non-hydrogen) atoms. The van der Waals surface area contributed by atoms with E-state index in [0.717, 1.165) is 12.0 Å². The van der Waals surface area contributed by atoms with Gasteiger partial charge in [-0.1, -0.05) is 36.2 Å². The number of ether oxygens (including phenoxy) is 1. The fourth-order valence-corrected chi connectivity index (χ4v) is 2.96. The second kappa shape index (κ2) is 11.2. The summed E-state index contributed by atoms with van der Waals surface area (Å²) in [5.41, 5.74) is 0.725. The minimum Gasteiger partial charge on any atom is -0.484 e. The normalized spacial score (nSPS) is 12.7. The molecule has 0 aliphatic rings. The summed E-state index contributed by atoms with van der Waals surface area (Å²) in [6.07, 6.45) is 0.771. The second-order valence-corrected chi connectivity index (χ2v) is 7.82. The van der Waals surface area contributed by atoms with Gasteiger partial charge in [-0.15, -0.1) is 0 Å². The molecule has 0 radical (unpaired) electrons. The van der Waals surface area contributed by atoms with Gasteiger partial charge in [-0.2, -0.15) is 0 Å². The van der Waals surface area contributed by atoms with Crippen molar-refractivity contribution in [1.29, 1.82) is 0 Å². The van der Waals surface area contributed by atoms with E-state index < -0.39 is 17.8 Å². The molecule has 0 aliphatic heterocycles. The Morgan fingerprint density at radius 3 is 2.37 bits per heavy atom. The first kappa shape index (κ1) is 24.0. The summed E-state index contributed by atoms with van der Waals surface area (Å²) in [5, 5.41) is 3.65. The third-order valence-electron chi connectivity index (χ3n) is 4.68. The molecule has 0 saturated heterocycles. The van der Waals surface area contributed by atoms with Crippen LogP contribution in [-0.2, 0) is 16.1 Å². The average molecular weight is 455 g/mol. The number of carbonyl (C=O) groups excluding carboxylic acids is 2. The van der Waals surface area contributed by atoms with Gasteiger partial charge in [0.1, 0.15) is 17.6 Å². The van der Waals surface area contributed by atoms with E-state index in [2.05, 4.69) is 5.32 Å². The van der Waals surface area contributed by atoms with Crippen molar-refractivity contribution in [3.8, 4) is 5.75 Å². The Morgan fingerprint density at radius 1 is 1.10 bits per heavy atom. The van der Waals surface area contributed by atoms with E-state index in [4.69, 9.17) is 27.9 Å². The largest absolute Gasteiger partial charge is 0.484 e. The fourth-order valence-electron chi connectivity index (χ4n) is 2.64. The minimum absolute atomic E-state index is 0.0163. The molecule has 162 valence electrons. The molecule has 2 atom stereocenters. The van der Waals surface area contributed by atoms with E-state index in [-0.39, 0.29) is 25.1 Å². The molecule has 2 aromatic rings. The number of halogens is 3. The molecule has 0 aliphatic carbocycles. The number of nitrogens with one attached hydrogen (secondary N) is 1. The summed E-state index contributed by atoms with van der Waals surface area (Å²) < 4.78 is 18.5. The smallest absolute Gasteiger partial charge is 0.261 e. The monoisotopic (exact) mass is 454 g/mol. The van der Waals surface area contributed by atoms with E-state index >= 15 is 0 Å². The molecular formula is C22H25Cl2FN2O3. The molecule has 2 rings (SSSR count). The summed E-state index contributed by atoms with van der Waals surface area (Å²) in [5.74, 6) is -0.696. The van der Waals surface area contributed by atoms with E-state index in [9.17, 15) is 14.0 Å². The van der Waals surface area contributed by atoms with Crippen molar-refractivity contribution in [2.24, 2.45) is 0 Å². The average Bonchev–Trinajstić information content (AvgIpc) is 2.73. The van der Waals surface area contributed by atoms with Crippen LogP contribution in [0.25, 0.3) is 0 Å². The van der Waals surface area contributed by atoms with Gasteiger partial charge in [0.25, 0.3) is 5.91 Å². The predicted octanol–water partition coefficient (Wildman–Crippen LogP) is 4.84. The first-order valence-corrected chi connectivity index (χ1v) is 10.4. The van der Waals surface area contributed by atoms with Crippen LogP contribution in [0, 0.1) is 5.82 Å². The van der Waals surface area contributed by atoms with Crippen molar-refractivity contribution >= 4 is 35.0 Å². The number of amides is 2. The Hall–Kier alpha value is -2.31. The van der Waals surface area contributed by atoms with Gasteiger partial charge in [-0.3, -0.25) is 9.59 Å². The lowest BCUT2D eigenvalue weighted by atomic mass is 10.1. The molecular weight excluding hydrogens is 430 g/mol. The van der Waals surface area contributed by atoms with Crippen molar-refractivity contribution < 1.29 is 18.7 Å². The van der Waals surface area contributed by atoms with Crippen LogP contribution in [0.15, 0.2) is 42.5 Å². The number of rotatable bonds is 9. The van der Waals surface area contributed by atoms with Crippen LogP contribution < -0.4 is 10.1 Å². The van der Waals surface area contributed by atoms with Gasteiger partial charge in [-0.25, -0.2) is 4.39 Å². The topological polar surface area (TPSA) is 58.6 Å². The number of carbonyl (C=O) groups is 2. The third-order valence-corrected chi connectivity index (χ3v) is 5.42. The van der Waals surface area contributed by atoms with Gasteiger partial charge in [0.15, 0.2) is 6.61 Å². The van der Waals surface area contributed by atoms with Crippen LogP contribution in [-0.4, -0.2) is 35.4 Å². The minimum atomic E-state index is -0.738. The maximum Gasteiger partial charge on any atom is 0.261 e. The molecule has 0 saturated carbocycles. The lowest BCUT2D eigenvalue weighted by Crippen LogP contribution is -2.50. The maximum absolute atomic E-state index is 13.0. The van der Waals surface area contributed by atoms with Gasteiger partial charge in [0, 0.05) is 12.6 Å². The van der Waals surface area contributed by atoms with Crippen LogP contribution in [0.4, 0.5) is 4.39 Å². The summed E-state index contributed by atoms with van der Waals surface area (Å²) >= 11 is 12.1. The SMILES string of the molecule is CC[C@@H](C)NC(=O)[C@H](C)N(Cc1ccc(Cl)c(Cl)c1)C(=O)COc1ccc(F)cc1. The first-order chi connectivity index (χ1) is 14.2. The summed E-state index contributed by atoms with van der Waals surface area (Å²) in [6, 6.07) is 9.65. The predicted molar refractivity (Wildman–Crippen MR) is 116 cm³/mol. The molecule has 8 heteroatoms. The third kappa shape index (κ3) is 6.89. The van der Waals surface area contributed by atoms with Crippen molar-refractivity contribution in [3.05, 3.63) is 63.9 Å². The van der Waals surface area contributed by atoms with E-state index in [1.807, 2.05) is 13.8 Å². The van der Waals surface area contributed by atoms with Crippen molar-refractivity contribution in [2.75, 3.05) is 6.61 Å². The second-order valence-electron chi connectivity index (χ2n) is 7.01. The number of benzene rings is 2. The highest BCUT2D eigenvalue weighted by molar-refractivity contribution is 6.42. The van der Waals surface area contributed by atoms with Gasteiger partial charge in [0.05, 0.1) is 10.0 Å². The Balaban J connectivity index is 2.17. The van der Waals surface area contributed by atoms with Crippen LogP contribution >= 0.6 is 23.2 Å². The van der Waals surface area contributed by atoms with Crippen LogP contribution in [0.5, 0.6) is 5.75 Å². The molecule has 0 bridgehead atoms. The Kier molecular flexibility index (Phi) is 8.93. The zero-order valence-corrected chi connectivity index (χ0v) is 18.6. The summed E-state index contributed by atoms with van der Waals surface area (Å²) in [4.78, 5) is 27.0. The molecule has 5 nitrogen and oxygen atoms in total. The summed E-state index contributed by atoms with van der Waals surface area (Å²) in [7, 11) is 0. The summed E-state index contributed by atoms with van der Waals surface area (Å²) in [6.45, 7) is 5.37. The van der Waals surface area contributed by atoms with Gasteiger partial charge in [-0.05, 0) is 62.2 Å². The highest BCUT2D eigenvalue weighted by atomic mass is 35.5. The molecule has 2 amide bonds. The lowest BCUT2D eigenvalue weighted by Gasteiger charge is -2.29. The van der Waals surface area contributed by atoms with E-state index in [0.29, 0.717) is 15.8 Å². The van der Waals surface area contributed by atoms with E-state index in [1.54, 1.807) is 25.1 Å². The molecule has 0 spiro atoms. The molecule has 0 aromatic heterocycles. The molecule has 0 heterocycles. The van der Waals surface area contributed by atoms with Crippen molar-refractivity contribution in [3.63, 3.8) is 0 Å². The molecule has 0 fully saturated rings. The van der Waals surface area contributed by atoms with Gasteiger partial charge >= 0.3 is 0 Å². The van der Waals surface area contributed by atoms with Crippen molar-refractivity contribution in [2.45, 2.75) is 45.8 Å². The van der Waals surface area contributed by atoms with E-state index in [1.165, 1.54) is 29.2 Å². The Morgan fingerprint density at radius 2 is 1.77 bits per heavy atom. The molecule has 1 N–H and O–H groups in total. The highest BCUT2D eigenvalue weighted by Crippen LogP contribution is 2.24. The number of hydrogen-bond donors (Lipinski definition) is 1.